The number of nitrogens with zero attached hydrogens (tertiary/aromatic N) is 4. The molecule has 2 aliphatic heterocycles. The van der Waals surface area contributed by atoms with Crippen LogP contribution in [0.5, 0.6) is 11.5 Å². The van der Waals surface area contributed by atoms with Crippen molar-refractivity contribution in [3.8, 4) is 11.5 Å². The molecule has 0 unspecified atom stereocenters. The summed E-state index contributed by atoms with van der Waals surface area (Å²) in [4.78, 5) is 35.5. The number of hydrogen-bond donors (Lipinski definition) is 2. The van der Waals surface area contributed by atoms with Gasteiger partial charge in [0.2, 0.25) is 0 Å². The van der Waals surface area contributed by atoms with E-state index in [1.165, 1.54) is 35.4 Å². The summed E-state index contributed by atoms with van der Waals surface area (Å²) in [5.74, 6) is -0.444. The number of hydrogen-bond acceptors (Lipinski definition) is 9. The Kier molecular flexibility index (Phi) is 9.92. The van der Waals surface area contributed by atoms with Crippen LogP contribution in [0.2, 0.25) is 5.02 Å². The number of aromatic amines is 1. The highest BCUT2D eigenvalue weighted by atomic mass is 35.5. The highest BCUT2D eigenvalue weighted by molar-refractivity contribution is 7.93. The van der Waals surface area contributed by atoms with E-state index in [9.17, 15) is 23.3 Å². The van der Waals surface area contributed by atoms with E-state index >= 15 is 0 Å². The van der Waals surface area contributed by atoms with Crippen LogP contribution in [0.1, 0.15) is 62.4 Å². The fourth-order valence-electron chi connectivity index (χ4n) is 7.81. The monoisotopic (exact) mass is 770 g/mol. The lowest BCUT2D eigenvalue weighted by molar-refractivity contribution is -0.418. The third kappa shape index (κ3) is 7.94. The maximum Gasteiger partial charge on any atom is 0.268 e. The van der Waals surface area contributed by atoms with Crippen LogP contribution in [0, 0.1) is 20.9 Å². The number of pyridine rings is 1. The number of carbonyl (C=O) groups excluding carboxylic acids is 1. The van der Waals surface area contributed by atoms with Gasteiger partial charge in [-0.25, -0.2) is 18.1 Å². The molecule has 1 spiro atoms. The lowest BCUT2D eigenvalue weighted by Gasteiger charge is -2.49. The van der Waals surface area contributed by atoms with Crippen LogP contribution in [0.15, 0.2) is 95.8 Å². The molecule has 0 radical (unpaired) electrons. The summed E-state index contributed by atoms with van der Waals surface area (Å²) in [5, 5.41) is 12.6. The first-order chi connectivity index (χ1) is 25.6. The van der Waals surface area contributed by atoms with E-state index in [0.717, 1.165) is 81.1 Å². The van der Waals surface area contributed by atoms with Gasteiger partial charge in [0.25, 0.3) is 21.6 Å². The number of amides is 1. The van der Waals surface area contributed by atoms with Gasteiger partial charge >= 0.3 is 0 Å². The minimum atomic E-state index is -4.42. The minimum Gasteiger partial charge on any atom is -0.455 e. The van der Waals surface area contributed by atoms with Crippen molar-refractivity contribution in [3.05, 3.63) is 122 Å². The molecule has 3 aliphatic rings. The Labute approximate surface area is 319 Å². The number of nitro groups is 1. The van der Waals surface area contributed by atoms with Crippen molar-refractivity contribution in [2.45, 2.75) is 46.5 Å². The third-order valence-corrected chi connectivity index (χ3v) is 12.5. The molecule has 2 N–H and O–H groups in total. The number of likely N-dealkylation sites (tertiary alicyclic amines) is 1. The number of carbonyl (C=O) groups is 1. The number of fused-ring (bicyclic) bond motifs is 1. The van der Waals surface area contributed by atoms with E-state index in [1.807, 2.05) is 22.9 Å². The van der Waals surface area contributed by atoms with Crippen molar-refractivity contribution in [2.75, 3.05) is 37.6 Å². The fraction of sp³-hybridized carbons (Fsp3) is 0.350. The Bertz CT molecular complexity index is 2330. The number of aromatic nitrogens is 2. The number of anilines is 1. The third-order valence-electron chi connectivity index (χ3n) is 10.8. The van der Waals surface area contributed by atoms with Gasteiger partial charge in [0, 0.05) is 66.0 Å². The van der Waals surface area contributed by atoms with Crippen molar-refractivity contribution in [3.63, 3.8) is 0 Å². The summed E-state index contributed by atoms with van der Waals surface area (Å²) in [5.41, 5.74) is 5.47. The van der Waals surface area contributed by atoms with Crippen molar-refractivity contribution in [1.82, 2.24) is 19.6 Å². The molecule has 0 bridgehead atoms. The standard InChI is InChI=1S/C40H43ClN6O6S/c1-26(47(49)50)17-27(2)54(51,52)44-38(48)34-10-9-32(19-36(34)53-33-18-29-12-15-42-37(29)43-21-33)46-24-40(25-46)14-16-45(23-40)22-30-11-13-39(3,4)20-35(30)28-5-7-31(41)8-6-28/h5-10,12,15,17-19,21H,1,11,13-14,16,20,22-25H2,2-4H3,(H,42,43)(H,44,48)/b27-17+. The molecule has 7 rings (SSSR count). The molecule has 4 heterocycles. The summed E-state index contributed by atoms with van der Waals surface area (Å²) in [7, 11) is -4.42. The molecule has 12 nitrogen and oxygen atoms in total. The molecule has 4 aromatic rings. The van der Waals surface area contributed by atoms with Crippen LogP contribution in [-0.2, 0) is 10.0 Å². The Morgan fingerprint density at radius 1 is 1.13 bits per heavy atom. The van der Waals surface area contributed by atoms with E-state index in [2.05, 4.69) is 52.3 Å². The van der Waals surface area contributed by atoms with Gasteiger partial charge in [-0.3, -0.25) is 19.8 Å². The number of nitrogens with one attached hydrogen (secondary N) is 2. The van der Waals surface area contributed by atoms with Gasteiger partial charge in [-0.15, -0.1) is 0 Å². The molecule has 2 saturated heterocycles. The molecule has 14 heteroatoms. The zero-order valence-electron chi connectivity index (χ0n) is 30.5. The van der Waals surface area contributed by atoms with E-state index in [1.54, 1.807) is 24.4 Å². The number of rotatable bonds is 11. The zero-order chi connectivity index (χ0) is 38.4. The maximum absolute atomic E-state index is 13.5. The van der Waals surface area contributed by atoms with Gasteiger partial charge in [0.1, 0.15) is 17.1 Å². The van der Waals surface area contributed by atoms with E-state index in [-0.39, 0.29) is 22.1 Å². The molecule has 1 aliphatic carbocycles. The molecule has 1 amide bonds. The summed E-state index contributed by atoms with van der Waals surface area (Å²) in [6.07, 6.45) is 8.45. The van der Waals surface area contributed by atoms with Crippen LogP contribution in [0.3, 0.4) is 0 Å². The van der Waals surface area contributed by atoms with Crippen LogP contribution < -0.4 is 14.4 Å². The quantitative estimate of drug-likeness (QED) is 0.0880. The Balaban J connectivity index is 1.09. The molecular formula is C40H43ClN6O6S. The largest absolute Gasteiger partial charge is 0.455 e. The molecule has 54 heavy (non-hydrogen) atoms. The number of ether oxygens (including phenoxy) is 1. The number of benzene rings is 2. The fourth-order valence-corrected chi connectivity index (χ4v) is 8.74. The van der Waals surface area contributed by atoms with Crippen molar-refractivity contribution >= 4 is 49.8 Å². The van der Waals surface area contributed by atoms with Crippen molar-refractivity contribution in [1.29, 1.82) is 0 Å². The first-order valence-corrected chi connectivity index (χ1v) is 19.7. The second-order valence-electron chi connectivity index (χ2n) is 15.6. The lowest BCUT2D eigenvalue weighted by Crippen LogP contribution is -2.57. The molecule has 2 fully saturated rings. The molecule has 0 atom stereocenters. The molecule has 0 saturated carbocycles. The predicted octanol–water partition coefficient (Wildman–Crippen LogP) is 7.94. The summed E-state index contributed by atoms with van der Waals surface area (Å²) in [6.45, 7) is 13.7. The minimum absolute atomic E-state index is 0.0277. The number of allylic oxidation sites excluding steroid dienone is 3. The van der Waals surface area contributed by atoms with Gasteiger partial charge in [0.05, 0.1) is 21.6 Å². The highest BCUT2D eigenvalue weighted by Gasteiger charge is 2.48. The van der Waals surface area contributed by atoms with E-state index < -0.39 is 31.5 Å². The molecular weight excluding hydrogens is 728 g/mol. The normalized spacial score (nSPS) is 18.5. The summed E-state index contributed by atoms with van der Waals surface area (Å²) >= 11 is 6.23. The Morgan fingerprint density at radius 3 is 2.63 bits per heavy atom. The number of sulfonamides is 1. The zero-order valence-corrected chi connectivity index (χ0v) is 32.1. The van der Waals surface area contributed by atoms with Gasteiger partial charge in [-0.05, 0) is 98.7 Å². The molecule has 2 aromatic heterocycles. The van der Waals surface area contributed by atoms with Crippen LogP contribution in [0.4, 0.5) is 5.69 Å². The second kappa shape index (κ2) is 14.3. The second-order valence-corrected chi connectivity index (χ2v) is 17.8. The van der Waals surface area contributed by atoms with Crippen LogP contribution >= 0.6 is 11.6 Å². The van der Waals surface area contributed by atoms with Crippen molar-refractivity contribution < 1.29 is 22.9 Å². The topological polar surface area (TPSA) is 151 Å². The van der Waals surface area contributed by atoms with Crippen LogP contribution in [-0.4, -0.2) is 66.8 Å². The lowest BCUT2D eigenvalue weighted by atomic mass is 9.72. The SMILES string of the molecule is C=C(/C=C(\C)S(=O)(=O)NC(=O)c1ccc(N2CC3(CCN(CC4=C(c5ccc(Cl)cc5)CC(C)(C)CC4)C3)C2)cc1Oc1cnc2[nH]ccc2c1)[N+](=O)[O-]. The van der Waals surface area contributed by atoms with E-state index in [4.69, 9.17) is 16.3 Å². The Morgan fingerprint density at radius 2 is 1.89 bits per heavy atom. The summed E-state index contributed by atoms with van der Waals surface area (Å²) in [6, 6.07) is 16.9. The number of H-pyrrole nitrogens is 1. The average Bonchev–Trinajstić information content (AvgIpc) is 3.76. The first kappa shape index (κ1) is 37.3. The van der Waals surface area contributed by atoms with Crippen molar-refractivity contribution in [2.24, 2.45) is 10.8 Å². The Hall–Kier alpha value is -4.98. The predicted molar refractivity (Wildman–Crippen MR) is 211 cm³/mol. The molecule has 2 aromatic carbocycles. The highest BCUT2D eigenvalue weighted by Crippen LogP contribution is 2.46. The number of halogens is 1. The van der Waals surface area contributed by atoms with E-state index in [0.29, 0.717) is 11.4 Å². The summed E-state index contributed by atoms with van der Waals surface area (Å²) < 4.78 is 34.2. The maximum atomic E-state index is 13.5. The van der Waals surface area contributed by atoms with Gasteiger partial charge in [0.15, 0.2) is 0 Å². The molecule has 282 valence electrons. The first-order valence-electron chi connectivity index (χ1n) is 17.9. The van der Waals surface area contributed by atoms with Gasteiger partial charge in [-0.1, -0.05) is 43.2 Å². The van der Waals surface area contributed by atoms with Gasteiger partial charge in [-0.2, -0.15) is 0 Å². The van der Waals surface area contributed by atoms with Gasteiger partial charge < -0.3 is 14.6 Å². The average molecular weight is 771 g/mol. The van der Waals surface area contributed by atoms with Crippen LogP contribution in [0.25, 0.3) is 16.6 Å². The smallest absolute Gasteiger partial charge is 0.268 e.